The molecule has 0 radical (unpaired) electrons. The first kappa shape index (κ1) is 11.4. The summed E-state index contributed by atoms with van der Waals surface area (Å²) < 4.78 is 5.14. The van der Waals surface area contributed by atoms with Crippen LogP contribution in [0.2, 0.25) is 0 Å². The lowest BCUT2D eigenvalue weighted by Gasteiger charge is -2.18. The molecule has 4 heteroatoms. The van der Waals surface area contributed by atoms with Crippen molar-refractivity contribution >= 4 is 17.4 Å². The smallest absolute Gasteiger partial charge is 0.261 e. The molecule has 2 amide bonds. The minimum atomic E-state index is -0.415. The van der Waals surface area contributed by atoms with Crippen LogP contribution in [-0.2, 0) is 9.53 Å². The largest absolute Gasteiger partial charge is 0.501 e. The standard InChI is InChI=1S/C13H13NO3/c1-3-17-7-11-10-6-8(2)4-5-9(10)12(15)14-13(11)16/h4-7H,3H2,1-2H3,(H,14,15,16)/b11-7-. The van der Waals surface area contributed by atoms with E-state index in [9.17, 15) is 9.59 Å². The molecule has 4 nitrogen and oxygen atoms in total. The molecule has 0 aliphatic carbocycles. The molecule has 0 spiro atoms. The lowest BCUT2D eigenvalue weighted by molar-refractivity contribution is -0.114. The van der Waals surface area contributed by atoms with Crippen molar-refractivity contribution in [2.45, 2.75) is 13.8 Å². The van der Waals surface area contributed by atoms with Gasteiger partial charge in [-0.2, -0.15) is 0 Å². The van der Waals surface area contributed by atoms with E-state index in [-0.39, 0.29) is 5.91 Å². The van der Waals surface area contributed by atoms with E-state index in [1.807, 2.05) is 26.0 Å². The Balaban J connectivity index is 2.56. The predicted octanol–water partition coefficient (Wildman–Crippen LogP) is 1.64. The van der Waals surface area contributed by atoms with E-state index in [2.05, 4.69) is 5.32 Å². The predicted molar refractivity (Wildman–Crippen MR) is 63.3 cm³/mol. The second kappa shape index (κ2) is 4.41. The summed E-state index contributed by atoms with van der Waals surface area (Å²) in [6.45, 7) is 4.22. The molecule has 0 aromatic heterocycles. The van der Waals surface area contributed by atoms with E-state index in [4.69, 9.17) is 4.74 Å². The zero-order valence-corrected chi connectivity index (χ0v) is 9.74. The van der Waals surface area contributed by atoms with Gasteiger partial charge in [-0.3, -0.25) is 14.9 Å². The van der Waals surface area contributed by atoms with Crippen molar-refractivity contribution in [3.8, 4) is 0 Å². The first-order chi connectivity index (χ1) is 8.13. The number of nitrogens with one attached hydrogen (secondary N) is 1. The fourth-order valence-electron chi connectivity index (χ4n) is 1.72. The third-order valence-electron chi connectivity index (χ3n) is 2.55. The lowest BCUT2D eigenvalue weighted by Crippen LogP contribution is -2.36. The van der Waals surface area contributed by atoms with Crippen LogP contribution >= 0.6 is 0 Å². The average Bonchev–Trinajstić information content (AvgIpc) is 2.28. The molecular weight excluding hydrogens is 218 g/mol. The Kier molecular flexibility index (Phi) is 2.95. The number of carbonyl (C=O) groups excluding carboxylic acids is 2. The van der Waals surface area contributed by atoms with Gasteiger partial charge in [0.2, 0.25) is 0 Å². The molecule has 0 saturated heterocycles. The summed E-state index contributed by atoms with van der Waals surface area (Å²) in [6.07, 6.45) is 1.40. The SMILES string of the molecule is CCO/C=C1\C(=O)NC(=O)c2ccc(C)cc21. The maximum absolute atomic E-state index is 11.7. The minimum absolute atomic E-state index is 0.362. The maximum atomic E-state index is 11.7. The van der Waals surface area contributed by atoms with Gasteiger partial charge >= 0.3 is 0 Å². The Morgan fingerprint density at radius 3 is 2.71 bits per heavy atom. The number of rotatable bonds is 2. The van der Waals surface area contributed by atoms with Crippen molar-refractivity contribution in [2.75, 3.05) is 6.61 Å². The second-order valence-electron chi connectivity index (χ2n) is 3.82. The highest BCUT2D eigenvalue weighted by atomic mass is 16.5. The van der Waals surface area contributed by atoms with Crippen LogP contribution in [0, 0.1) is 6.92 Å². The van der Waals surface area contributed by atoms with Crippen LogP contribution < -0.4 is 5.32 Å². The maximum Gasteiger partial charge on any atom is 0.261 e. The van der Waals surface area contributed by atoms with Crippen molar-refractivity contribution in [1.82, 2.24) is 5.32 Å². The highest BCUT2D eigenvalue weighted by Gasteiger charge is 2.27. The quantitative estimate of drug-likeness (QED) is 0.478. The van der Waals surface area contributed by atoms with Crippen molar-refractivity contribution in [2.24, 2.45) is 0 Å². The van der Waals surface area contributed by atoms with Crippen molar-refractivity contribution in [3.63, 3.8) is 0 Å². The minimum Gasteiger partial charge on any atom is -0.501 e. The first-order valence-corrected chi connectivity index (χ1v) is 5.42. The molecule has 0 saturated carbocycles. The average molecular weight is 231 g/mol. The third kappa shape index (κ3) is 2.06. The summed E-state index contributed by atoms with van der Waals surface area (Å²) in [4.78, 5) is 23.3. The van der Waals surface area contributed by atoms with Gasteiger partial charge in [0.25, 0.3) is 11.8 Å². The number of aryl methyl sites for hydroxylation is 1. The molecule has 1 N–H and O–H groups in total. The molecule has 1 heterocycles. The lowest BCUT2D eigenvalue weighted by atomic mass is 9.94. The Hall–Kier alpha value is -2.10. The zero-order valence-electron chi connectivity index (χ0n) is 9.74. The van der Waals surface area contributed by atoms with Crippen LogP contribution in [0.15, 0.2) is 24.5 Å². The number of benzene rings is 1. The molecule has 0 bridgehead atoms. The Morgan fingerprint density at radius 1 is 1.24 bits per heavy atom. The molecule has 0 unspecified atom stereocenters. The molecule has 17 heavy (non-hydrogen) atoms. The third-order valence-corrected chi connectivity index (χ3v) is 2.55. The van der Waals surface area contributed by atoms with Crippen LogP contribution in [0.25, 0.3) is 5.57 Å². The van der Waals surface area contributed by atoms with E-state index in [0.29, 0.717) is 23.3 Å². The second-order valence-corrected chi connectivity index (χ2v) is 3.82. The van der Waals surface area contributed by atoms with E-state index < -0.39 is 5.91 Å². The van der Waals surface area contributed by atoms with Crippen LogP contribution in [0.5, 0.6) is 0 Å². The van der Waals surface area contributed by atoms with Crippen molar-refractivity contribution in [1.29, 1.82) is 0 Å². The molecule has 1 aliphatic rings. The number of ether oxygens (including phenoxy) is 1. The molecule has 2 rings (SSSR count). The normalized spacial score (nSPS) is 16.7. The Labute approximate surface area is 99.3 Å². The molecule has 1 aliphatic heterocycles. The number of carbonyl (C=O) groups is 2. The summed E-state index contributed by atoms with van der Waals surface area (Å²) in [5.74, 6) is -0.778. The number of fused-ring (bicyclic) bond motifs is 1. The fourth-order valence-corrected chi connectivity index (χ4v) is 1.72. The molecule has 1 aromatic rings. The Morgan fingerprint density at radius 2 is 2.00 bits per heavy atom. The van der Waals surface area contributed by atoms with E-state index in [1.54, 1.807) is 6.07 Å². The van der Waals surface area contributed by atoms with Gasteiger partial charge in [0, 0.05) is 11.1 Å². The van der Waals surface area contributed by atoms with Crippen LogP contribution in [0.1, 0.15) is 28.4 Å². The topological polar surface area (TPSA) is 55.4 Å². The number of hydrogen-bond acceptors (Lipinski definition) is 3. The summed E-state index contributed by atoms with van der Waals surface area (Å²) in [5.41, 5.74) is 2.52. The summed E-state index contributed by atoms with van der Waals surface area (Å²) in [6, 6.07) is 5.37. The van der Waals surface area contributed by atoms with Crippen LogP contribution in [0.3, 0.4) is 0 Å². The number of hydrogen-bond donors (Lipinski definition) is 1. The molecular formula is C13H13NO3. The number of amides is 2. The highest BCUT2D eigenvalue weighted by Crippen LogP contribution is 2.25. The van der Waals surface area contributed by atoms with Crippen LogP contribution in [0.4, 0.5) is 0 Å². The van der Waals surface area contributed by atoms with E-state index in [1.165, 1.54) is 6.26 Å². The first-order valence-electron chi connectivity index (χ1n) is 5.42. The van der Waals surface area contributed by atoms with Gasteiger partial charge in [-0.25, -0.2) is 0 Å². The molecule has 88 valence electrons. The monoisotopic (exact) mass is 231 g/mol. The Bertz CT molecular complexity index is 517. The molecule has 0 fully saturated rings. The summed E-state index contributed by atoms with van der Waals surface area (Å²) in [5, 5.41) is 2.29. The van der Waals surface area contributed by atoms with E-state index >= 15 is 0 Å². The summed E-state index contributed by atoms with van der Waals surface area (Å²) >= 11 is 0. The van der Waals surface area contributed by atoms with Crippen molar-refractivity contribution in [3.05, 3.63) is 41.2 Å². The molecule has 0 atom stereocenters. The number of imide groups is 1. The van der Waals surface area contributed by atoms with Gasteiger partial charge in [-0.15, -0.1) is 0 Å². The van der Waals surface area contributed by atoms with Gasteiger partial charge in [0.05, 0.1) is 18.4 Å². The fraction of sp³-hybridized carbons (Fsp3) is 0.231. The van der Waals surface area contributed by atoms with E-state index in [0.717, 1.165) is 5.56 Å². The van der Waals surface area contributed by atoms with Gasteiger partial charge in [-0.05, 0) is 19.9 Å². The van der Waals surface area contributed by atoms with Gasteiger partial charge in [0.1, 0.15) is 0 Å². The molecule has 1 aromatic carbocycles. The highest BCUT2D eigenvalue weighted by molar-refractivity contribution is 6.30. The summed E-state index contributed by atoms with van der Waals surface area (Å²) in [7, 11) is 0. The van der Waals surface area contributed by atoms with Gasteiger partial charge in [-0.1, -0.05) is 17.7 Å². The van der Waals surface area contributed by atoms with Crippen molar-refractivity contribution < 1.29 is 14.3 Å². The van der Waals surface area contributed by atoms with Gasteiger partial charge in [0.15, 0.2) is 0 Å². The van der Waals surface area contributed by atoms with Gasteiger partial charge < -0.3 is 4.74 Å². The van der Waals surface area contributed by atoms with Crippen LogP contribution in [-0.4, -0.2) is 18.4 Å². The zero-order chi connectivity index (χ0) is 12.4.